The van der Waals surface area contributed by atoms with Gasteiger partial charge in [-0.1, -0.05) is 68.1 Å². The third-order valence-electron chi connectivity index (χ3n) is 10.1. The summed E-state index contributed by atoms with van der Waals surface area (Å²) in [7, 11) is 0. The average molecular weight is 841 g/mol. The lowest BCUT2D eigenvalue weighted by Gasteiger charge is -2.19. The SMILES string of the molecule is C.Cc1cn2cccc2c(N2CC[C@H](N)C2)n1.Cc1cn2cccc2c(N2CC[C@H](NC(=O)c3csc(-c4ccccc4)n3)C2)n1.O=C(O)c1csc(-c2ccccc2)n1. The Morgan fingerprint density at radius 3 is 1.68 bits per heavy atom. The number of thiazole rings is 2. The highest BCUT2D eigenvalue weighted by Crippen LogP contribution is 2.27. The van der Waals surface area contributed by atoms with Gasteiger partial charge in [0.15, 0.2) is 17.3 Å². The molecule has 6 aromatic heterocycles. The lowest BCUT2D eigenvalue weighted by Crippen LogP contribution is -2.37. The monoisotopic (exact) mass is 840 g/mol. The molecule has 0 spiro atoms. The highest BCUT2D eigenvalue weighted by atomic mass is 32.1. The number of anilines is 2. The molecule has 0 aliphatic carbocycles. The van der Waals surface area contributed by atoms with Crippen molar-refractivity contribution in [3.05, 3.63) is 143 Å². The number of aromatic nitrogens is 6. The Morgan fingerprint density at radius 1 is 0.683 bits per heavy atom. The molecule has 13 nitrogen and oxygen atoms in total. The van der Waals surface area contributed by atoms with Crippen LogP contribution in [0.5, 0.6) is 0 Å². The second kappa shape index (κ2) is 18.7. The molecule has 2 saturated heterocycles. The quantitative estimate of drug-likeness (QED) is 0.143. The number of hydrogen-bond acceptors (Lipinski definition) is 11. The molecule has 60 heavy (non-hydrogen) atoms. The average Bonchev–Trinajstić information content (AvgIpc) is 4.10. The number of carbonyl (C=O) groups is 2. The fourth-order valence-corrected chi connectivity index (χ4v) is 8.86. The molecular formula is C45H48N10O3S2. The Labute approximate surface area is 356 Å². The Morgan fingerprint density at radius 2 is 1.18 bits per heavy atom. The van der Waals surface area contributed by atoms with Crippen LogP contribution in [-0.4, -0.2) is 84.0 Å². The van der Waals surface area contributed by atoms with Gasteiger partial charge in [-0.05, 0) is 51.0 Å². The van der Waals surface area contributed by atoms with Crippen LogP contribution in [0.1, 0.15) is 52.6 Å². The fraction of sp³-hybridized carbons (Fsp3) is 0.244. The first-order chi connectivity index (χ1) is 28.7. The Kier molecular flexibility index (Phi) is 13.0. The van der Waals surface area contributed by atoms with E-state index in [1.54, 1.807) is 5.38 Å². The van der Waals surface area contributed by atoms with E-state index in [9.17, 15) is 9.59 Å². The maximum Gasteiger partial charge on any atom is 0.355 e. The number of amides is 1. The summed E-state index contributed by atoms with van der Waals surface area (Å²) in [5.74, 6) is 0.952. The zero-order chi connectivity index (χ0) is 40.9. The first-order valence-electron chi connectivity index (χ1n) is 19.4. The van der Waals surface area contributed by atoms with Crippen molar-refractivity contribution in [1.82, 2.24) is 34.1 Å². The van der Waals surface area contributed by atoms with Crippen molar-refractivity contribution in [2.45, 2.75) is 46.2 Å². The Hall–Kier alpha value is -6.42. The molecule has 0 saturated carbocycles. The summed E-state index contributed by atoms with van der Waals surface area (Å²) in [4.78, 5) is 45.7. The molecule has 2 atom stereocenters. The predicted octanol–water partition coefficient (Wildman–Crippen LogP) is 8.10. The van der Waals surface area contributed by atoms with Gasteiger partial charge in [0.25, 0.3) is 5.91 Å². The molecule has 1 amide bonds. The van der Waals surface area contributed by atoms with Crippen LogP contribution in [0.2, 0.25) is 0 Å². The molecule has 4 N–H and O–H groups in total. The van der Waals surface area contributed by atoms with E-state index >= 15 is 0 Å². The van der Waals surface area contributed by atoms with Gasteiger partial charge in [-0.2, -0.15) is 0 Å². The number of carboxylic acids is 1. The lowest BCUT2D eigenvalue weighted by atomic mass is 10.2. The molecule has 308 valence electrons. The van der Waals surface area contributed by atoms with E-state index in [0.717, 1.165) is 88.7 Å². The van der Waals surface area contributed by atoms with Crippen molar-refractivity contribution in [2.24, 2.45) is 5.73 Å². The smallest absolute Gasteiger partial charge is 0.355 e. The van der Waals surface area contributed by atoms with Crippen molar-refractivity contribution in [1.29, 1.82) is 0 Å². The molecule has 0 unspecified atom stereocenters. The van der Waals surface area contributed by atoms with Crippen molar-refractivity contribution < 1.29 is 14.7 Å². The van der Waals surface area contributed by atoms with Gasteiger partial charge in [0.05, 0.1) is 22.4 Å². The summed E-state index contributed by atoms with van der Waals surface area (Å²) in [5, 5.41) is 16.8. The predicted molar refractivity (Wildman–Crippen MR) is 242 cm³/mol. The third kappa shape index (κ3) is 9.54. The number of rotatable bonds is 7. The Balaban J connectivity index is 0.000000148. The summed E-state index contributed by atoms with van der Waals surface area (Å²) in [6, 6.07) is 28.1. The summed E-state index contributed by atoms with van der Waals surface area (Å²) in [5.41, 5.74) is 12.8. The minimum Gasteiger partial charge on any atom is -0.476 e. The molecule has 2 aromatic carbocycles. The first-order valence-corrected chi connectivity index (χ1v) is 21.1. The highest BCUT2D eigenvalue weighted by Gasteiger charge is 2.27. The second-order valence-electron chi connectivity index (χ2n) is 14.5. The normalized spacial score (nSPS) is 15.8. The number of carboxylic acid groups (broad SMARTS) is 1. The molecule has 0 radical (unpaired) electrons. The van der Waals surface area contributed by atoms with Crippen LogP contribution in [-0.2, 0) is 0 Å². The molecule has 2 fully saturated rings. The van der Waals surface area contributed by atoms with E-state index in [1.165, 1.54) is 28.2 Å². The molecule has 8 heterocycles. The number of benzene rings is 2. The number of fused-ring (bicyclic) bond motifs is 2. The van der Waals surface area contributed by atoms with Gasteiger partial charge >= 0.3 is 5.97 Å². The lowest BCUT2D eigenvalue weighted by molar-refractivity contribution is 0.0691. The molecule has 15 heteroatoms. The highest BCUT2D eigenvalue weighted by molar-refractivity contribution is 7.13. The number of nitrogens with zero attached hydrogens (tertiary/aromatic N) is 8. The first kappa shape index (κ1) is 41.7. The van der Waals surface area contributed by atoms with Crippen molar-refractivity contribution in [2.75, 3.05) is 36.0 Å². The van der Waals surface area contributed by atoms with Gasteiger partial charge in [0, 0.05) is 84.9 Å². The van der Waals surface area contributed by atoms with E-state index in [1.807, 2.05) is 98.4 Å². The van der Waals surface area contributed by atoms with E-state index in [2.05, 4.69) is 69.5 Å². The fourth-order valence-electron chi connectivity index (χ4n) is 7.25. The summed E-state index contributed by atoms with van der Waals surface area (Å²) in [6.45, 7) is 7.58. The maximum atomic E-state index is 12.7. The van der Waals surface area contributed by atoms with E-state index in [4.69, 9.17) is 15.8 Å². The van der Waals surface area contributed by atoms with Crippen LogP contribution >= 0.6 is 22.7 Å². The zero-order valence-corrected chi connectivity index (χ0v) is 34.3. The van der Waals surface area contributed by atoms with E-state index < -0.39 is 5.97 Å². The summed E-state index contributed by atoms with van der Waals surface area (Å²) >= 11 is 2.83. The topological polar surface area (TPSA) is 159 Å². The number of nitrogens with two attached hydrogens (primary N) is 1. The molecule has 10 rings (SSSR count). The van der Waals surface area contributed by atoms with E-state index in [-0.39, 0.29) is 31.1 Å². The van der Waals surface area contributed by atoms with Gasteiger partial charge in [0.1, 0.15) is 15.7 Å². The van der Waals surface area contributed by atoms with Gasteiger partial charge in [-0.15, -0.1) is 22.7 Å². The van der Waals surface area contributed by atoms with Crippen LogP contribution in [0, 0.1) is 13.8 Å². The van der Waals surface area contributed by atoms with Gasteiger partial charge in [-0.25, -0.2) is 24.7 Å². The van der Waals surface area contributed by atoms with Crippen LogP contribution in [0.3, 0.4) is 0 Å². The minimum absolute atomic E-state index is 0. The van der Waals surface area contributed by atoms with Gasteiger partial charge in [0.2, 0.25) is 0 Å². The molecular weight excluding hydrogens is 793 g/mol. The van der Waals surface area contributed by atoms with Gasteiger partial charge in [-0.3, -0.25) is 4.79 Å². The Bertz CT molecular complexity index is 2690. The standard InChI is InChI=1S/C22H21N5OS.C12H16N4.C10H7NO2S.CH4/c1-15-12-26-10-5-8-19(26)20(23-15)27-11-9-17(13-27)24-21(28)18-14-29-22(25-18)16-6-3-2-4-7-16;1-9-7-15-5-2-3-11(15)12(14-9)16-6-4-10(13)8-16;12-10(13)8-6-14-9(11-8)7-4-2-1-3-5-7;/h2-8,10,12,14,17H,9,11,13H2,1H3,(H,24,28);2-3,5,7,10H,4,6,8,13H2,1H3;1-6H,(H,12,13);1H4/t17-;10-;;/m00../s1. The van der Waals surface area contributed by atoms with Crippen LogP contribution in [0.15, 0.2) is 120 Å². The van der Waals surface area contributed by atoms with Gasteiger partial charge < -0.3 is 34.8 Å². The van der Waals surface area contributed by atoms with Crippen LogP contribution in [0.25, 0.3) is 32.2 Å². The minimum atomic E-state index is -0.983. The molecule has 2 aliphatic rings. The van der Waals surface area contributed by atoms with Crippen molar-refractivity contribution >= 4 is 57.2 Å². The second-order valence-corrected chi connectivity index (χ2v) is 16.2. The summed E-state index contributed by atoms with van der Waals surface area (Å²) < 4.78 is 4.23. The molecule has 2 aliphatic heterocycles. The third-order valence-corrected chi connectivity index (χ3v) is 11.9. The molecule has 0 bridgehead atoms. The van der Waals surface area contributed by atoms with Crippen molar-refractivity contribution in [3.8, 4) is 21.1 Å². The summed E-state index contributed by atoms with van der Waals surface area (Å²) in [6.07, 6.45) is 10.1. The van der Waals surface area contributed by atoms with E-state index in [0.29, 0.717) is 5.69 Å². The van der Waals surface area contributed by atoms with Crippen LogP contribution in [0.4, 0.5) is 11.6 Å². The number of aryl methyl sites for hydroxylation is 2. The largest absolute Gasteiger partial charge is 0.476 e. The number of hydrogen-bond donors (Lipinski definition) is 3. The number of aromatic carboxylic acids is 1. The molecule has 8 aromatic rings. The maximum absolute atomic E-state index is 12.7. The van der Waals surface area contributed by atoms with Crippen molar-refractivity contribution in [3.63, 3.8) is 0 Å². The zero-order valence-electron chi connectivity index (χ0n) is 32.7. The number of carbonyl (C=O) groups excluding carboxylic acids is 1. The number of nitrogens with one attached hydrogen (secondary N) is 1. The van der Waals surface area contributed by atoms with Crippen LogP contribution < -0.4 is 20.9 Å².